The van der Waals surface area contributed by atoms with Crippen molar-refractivity contribution in [3.63, 3.8) is 0 Å². The van der Waals surface area contributed by atoms with Gasteiger partial charge in [0.1, 0.15) is 11.9 Å². The quantitative estimate of drug-likeness (QED) is 0.462. The Balaban J connectivity index is 1.85. The average Bonchev–Trinajstić information content (AvgIpc) is 3.18. The molecule has 2 saturated heterocycles. The monoisotopic (exact) mass is 506 g/mol. The van der Waals surface area contributed by atoms with Crippen LogP contribution in [0.15, 0.2) is 11.0 Å². The molecule has 3 rings (SSSR count). The maximum Gasteiger partial charge on any atom is 0.309 e. The number of thiazole rings is 1. The van der Waals surface area contributed by atoms with Crippen LogP contribution >= 0.6 is 11.3 Å². The first-order chi connectivity index (χ1) is 16.3. The van der Waals surface area contributed by atoms with Gasteiger partial charge < -0.3 is 14.9 Å². The van der Waals surface area contributed by atoms with Crippen LogP contribution in [-0.4, -0.2) is 69.3 Å². The van der Waals surface area contributed by atoms with Crippen molar-refractivity contribution in [2.45, 2.75) is 104 Å². The Labute approximate surface area is 213 Å². The van der Waals surface area contributed by atoms with E-state index in [1.165, 1.54) is 0 Å². The highest BCUT2D eigenvalue weighted by Gasteiger charge is 2.46. The number of cyclic esters (lactones) is 1. The van der Waals surface area contributed by atoms with E-state index in [0.29, 0.717) is 18.5 Å². The van der Waals surface area contributed by atoms with Gasteiger partial charge in [-0.2, -0.15) is 0 Å². The topological polar surface area (TPSA) is 99.7 Å². The molecule has 35 heavy (non-hydrogen) atoms. The summed E-state index contributed by atoms with van der Waals surface area (Å²) in [5.41, 5.74) is 0.581. The van der Waals surface area contributed by atoms with Crippen molar-refractivity contribution < 1.29 is 24.5 Å². The summed E-state index contributed by atoms with van der Waals surface area (Å²) >= 11 is 1.58. The maximum atomic E-state index is 13.2. The van der Waals surface area contributed by atoms with Crippen molar-refractivity contribution in [2.75, 3.05) is 7.05 Å². The van der Waals surface area contributed by atoms with Gasteiger partial charge in [-0.3, -0.25) is 14.5 Å². The molecule has 2 N–H and O–H groups in total. The molecular weight excluding hydrogens is 464 g/mol. The third-order valence-electron chi connectivity index (χ3n) is 8.15. The Morgan fingerprint density at radius 3 is 2.54 bits per heavy atom. The molecule has 1 unspecified atom stereocenters. The van der Waals surface area contributed by atoms with Gasteiger partial charge in [0.2, 0.25) is 0 Å². The number of aliphatic hydroxyl groups is 2. The van der Waals surface area contributed by atoms with Crippen molar-refractivity contribution in [3.8, 4) is 0 Å². The van der Waals surface area contributed by atoms with Crippen LogP contribution in [0.4, 0.5) is 0 Å². The predicted octanol–water partition coefficient (Wildman–Crippen LogP) is 4.00. The van der Waals surface area contributed by atoms with Gasteiger partial charge in [0.05, 0.1) is 34.7 Å². The minimum absolute atomic E-state index is 0.0261. The lowest BCUT2D eigenvalue weighted by molar-refractivity contribution is -0.154. The molecule has 0 aromatic carbocycles. The van der Waals surface area contributed by atoms with Gasteiger partial charge in [-0.15, -0.1) is 11.3 Å². The predicted molar refractivity (Wildman–Crippen MR) is 138 cm³/mol. The number of fused-ring (bicyclic) bond motifs is 1. The highest BCUT2D eigenvalue weighted by Crippen LogP contribution is 2.38. The molecule has 7 nitrogen and oxygen atoms in total. The number of likely N-dealkylation sites (N-methyl/N-ethyl adjacent to an activating group) is 1. The lowest BCUT2D eigenvalue weighted by atomic mass is 9.73. The number of ketones is 1. The number of ether oxygens (including phenoxy) is 1. The Kier molecular flexibility index (Phi) is 8.95. The summed E-state index contributed by atoms with van der Waals surface area (Å²) in [7, 11) is 2.09. The van der Waals surface area contributed by atoms with Crippen molar-refractivity contribution in [1.29, 1.82) is 0 Å². The zero-order chi connectivity index (χ0) is 26.1. The fourth-order valence-corrected chi connectivity index (χ4v) is 5.92. The number of Topliss-reactive ketones (excluding diaryl/α,β-unsaturated/α-hetero) is 1. The van der Waals surface area contributed by atoms with E-state index in [-0.39, 0.29) is 18.1 Å². The minimum Gasteiger partial charge on any atom is -0.458 e. The third kappa shape index (κ3) is 6.59. The van der Waals surface area contributed by atoms with Gasteiger partial charge >= 0.3 is 5.97 Å². The number of nitrogens with zero attached hydrogens (tertiary/aromatic N) is 2. The standard InChI is InChI=1S/C27H42N2O5S/c1-15-9-8-10-20-21(29(20)7)12-22(16(2)11-19-14-35-18(4)28-19)34-24(31)13-23(30)27(5,6)26(33)17(3)25(15)32/h11,14-15,17,20-23,25,30,32H,8-10,12-13H2,1-7H3/t15-,17+,20+,21-,22-,23-,25-,29?/m0/s1. The molecule has 8 atom stereocenters. The molecule has 3 heterocycles. The maximum absolute atomic E-state index is 13.2. The lowest BCUT2D eigenvalue weighted by Gasteiger charge is -2.34. The Bertz CT molecular complexity index is 942. The van der Waals surface area contributed by atoms with Crippen LogP contribution in [0.25, 0.3) is 6.08 Å². The molecule has 8 heteroatoms. The number of esters is 1. The number of aryl methyl sites for hydroxylation is 1. The molecule has 196 valence electrons. The van der Waals surface area contributed by atoms with Gasteiger partial charge in [0, 0.05) is 29.8 Å². The molecule has 0 spiro atoms. The van der Waals surface area contributed by atoms with E-state index >= 15 is 0 Å². The van der Waals surface area contributed by atoms with Crippen LogP contribution in [0, 0.1) is 24.2 Å². The first-order valence-electron chi connectivity index (χ1n) is 12.7. The van der Waals surface area contributed by atoms with Crippen LogP contribution < -0.4 is 0 Å². The Morgan fingerprint density at radius 2 is 1.91 bits per heavy atom. The minimum atomic E-state index is -1.21. The second-order valence-electron chi connectivity index (χ2n) is 11.2. The number of hydrogen-bond acceptors (Lipinski definition) is 8. The molecule has 0 radical (unpaired) electrons. The summed E-state index contributed by atoms with van der Waals surface area (Å²) in [6.07, 6.45) is 2.72. The summed E-state index contributed by atoms with van der Waals surface area (Å²) in [5, 5.41) is 24.7. The van der Waals surface area contributed by atoms with Gasteiger partial charge in [-0.25, -0.2) is 4.98 Å². The molecule has 0 saturated carbocycles. The number of aromatic nitrogens is 1. The summed E-state index contributed by atoms with van der Waals surface area (Å²) < 4.78 is 5.92. The number of rotatable bonds is 2. The Hall–Kier alpha value is -1.61. The average molecular weight is 507 g/mol. The van der Waals surface area contributed by atoms with Crippen LogP contribution in [0.2, 0.25) is 0 Å². The number of aliphatic hydroxyl groups excluding tert-OH is 2. The first kappa shape index (κ1) is 28.0. The van der Waals surface area contributed by atoms with E-state index in [2.05, 4.69) is 16.9 Å². The lowest BCUT2D eigenvalue weighted by Crippen LogP contribution is -2.45. The van der Waals surface area contributed by atoms with E-state index < -0.39 is 35.6 Å². The van der Waals surface area contributed by atoms with Crippen LogP contribution in [0.3, 0.4) is 0 Å². The summed E-state index contributed by atoms with van der Waals surface area (Å²) in [6, 6.07) is 0.717. The van der Waals surface area contributed by atoms with E-state index in [1.54, 1.807) is 32.1 Å². The van der Waals surface area contributed by atoms with Gasteiger partial charge in [-0.05, 0) is 51.3 Å². The highest BCUT2D eigenvalue weighted by atomic mass is 32.1. The van der Waals surface area contributed by atoms with Crippen molar-refractivity contribution in [2.24, 2.45) is 17.3 Å². The van der Waals surface area contributed by atoms with Crippen molar-refractivity contribution in [1.82, 2.24) is 9.88 Å². The second kappa shape index (κ2) is 11.2. The molecule has 1 aromatic rings. The SMILES string of the molecule is CC(=Cc1csc(C)n1)[C@@H]1C[C@H]2[C@@H](CCC[C@H](C)[C@H](O)[C@@H](C)C(=O)C(C)(C)[C@@H](O)CC(=O)O1)N2C. The van der Waals surface area contributed by atoms with Crippen LogP contribution in [0.1, 0.15) is 77.4 Å². The van der Waals surface area contributed by atoms with Gasteiger partial charge in [0.25, 0.3) is 0 Å². The smallest absolute Gasteiger partial charge is 0.309 e. The molecule has 2 fully saturated rings. The Morgan fingerprint density at radius 1 is 1.23 bits per heavy atom. The van der Waals surface area contributed by atoms with E-state index in [9.17, 15) is 19.8 Å². The highest BCUT2D eigenvalue weighted by molar-refractivity contribution is 7.09. The van der Waals surface area contributed by atoms with Gasteiger partial charge in [-0.1, -0.05) is 34.1 Å². The molecule has 0 amide bonds. The first-order valence-corrected chi connectivity index (χ1v) is 13.6. The normalized spacial score (nSPS) is 37.5. The number of carbonyl (C=O) groups is 2. The molecule has 2 aliphatic heterocycles. The third-order valence-corrected chi connectivity index (χ3v) is 8.94. The van der Waals surface area contributed by atoms with Crippen molar-refractivity contribution >= 4 is 29.2 Å². The fourth-order valence-electron chi connectivity index (χ4n) is 5.35. The van der Waals surface area contributed by atoms with Crippen LogP contribution in [0.5, 0.6) is 0 Å². The summed E-state index contributed by atoms with van der Waals surface area (Å²) in [6.45, 7) is 10.9. The van der Waals surface area contributed by atoms with E-state index in [0.717, 1.165) is 35.5 Å². The molecule has 0 bridgehead atoms. The number of carbonyl (C=O) groups excluding carboxylic acids is 2. The van der Waals surface area contributed by atoms with Crippen LogP contribution in [-0.2, 0) is 14.3 Å². The fraction of sp³-hybridized carbons (Fsp3) is 0.741. The zero-order valence-electron chi connectivity index (χ0n) is 22.2. The number of hydrogen-bond donors (Lipinski definition) is 2. The zero-order valence-corrected chi connectivity index (χ0v) is 23.0. The largest absolute Gasteiger partial charge is 0.458 e. The van der Waals surface area contributed by atoms with E-state index in [4.69, 9.17) is 4.74 Å². The molecule has 1 aromatic heterocycles. The molecule has 0 aliphatic carbocycles. The summed E-state index contributed by atoms with van der Waals surface area (Å²) in [5.74, 6) is -1.42. The van der Waals surface area contributed by atoms with Gasteiger partial charge in [0.15, 0.2) is 0 Å². The van der Waals surface area contributed by atoms with Crippen molar-refractivity contribution in [3.05, 3.63) is 21.7 Å². The van der Waals surface area contributed by atoms with E-state index in [1.807, 2.05) is 32.2 Å². The molecule has 2 aliphatic rings. The molecular formula is C27H42N2O5S. The summed E-state index contributed by atoms with van der Waals surface area (Å²) in [4.78, 5) is 33.0. The second-order valence-corrected chi connectivity index (χ2v) is 12.2.